The molecule has 0 radical (unpaired) electrons. The maximum absolute atomic E-state index is 12.4. The predicted octanol–water partition coefficient (Wildman–Crippen LogP) is 1.88. The minimum absolute atomic E-state index is 0.0194. The summed E-state index contributed by atoms with van der Waals surface area (Å²) in [5.41, 5.74) is 6.11. The van der Waals surface area contributed by atoms with Crippen molar-refractivity contribution >= 4 is 39.0 Å². The summed E-state index contributed by atoms with van der Waals surface area (Å²) in [6.45, 7) is 0. The van der Waals surface area contributed by atoms with E-state index in [0.717, 1.165) is 19.3 Å². The van der Waals surface area contributed by atoms with Crippen molar-refractivity contribution in [2.24, 2.45) is 5.73 Å². The Balaban J connectivity index is 2.14. The second-order valence-corrected chi connectivity index (χ2v) is 8.17. The van der Waals surface area contributed by atoms with Gasteiger partial charge in [0.15, 0.2) is 0 Å². The number of thiocarbonyl (C=S) groups is 1. The highest BCUT2D eigenvalue weighted by molar-refractivity contribution is 7.99. The van der Waals surface area contributed by atoms with E-state index >= 15 is 0 Å². The predicted molar refractivity (Wildman–Crippen MR) is 87.6 cm³/mol. The number of hydrogen-bond acceptors (Lipinski definition) is 4. The molecule has 110 valence electrons. The summed E-state index contributed by atoms with van der Waals surface area (Å²) in [7, 11) is -3.51. The van der Waals surface area contributed by atoms with Crippen LogP contribution in [0.4, 0.5) is 0 Å². The SMILES string of the molecule is CSC1CCC(NS(=O)(=O)c2cccc(C(N)=S)c2)C1. The van der Waals surface area contributed by atoms with Crippen molar-refractivity contribution in [2.75, 3.05) is 6.26 Å². The molecule has 1 aromatic carbocycles. The first-order valence-corrected chi connectivity index (χ1v) is 9.55. The summed E-state index contributed by atoms with van der Waals surface area (Å²) in [4.78, 5) is 0.417. The molecule has 0 aromatic heterocycles. The maximum atomic E-state index is 12.4. The number of sulfonamides is 1. The maximum Gasteiger partial charge on any atom is 0.240 e. The molecule has 2 unspecified atom stereocenters. The highest BCUT2D eigenvalue weighted by Gasteiger charge is 2.28. The van der Waals surface area contributed by atoms with Gasteiger partial charge in [-0.05, 0) is 37.7 Å². The van der Waals surface area contributed by atoms with Gasteiger partial charge in [-0.25, -0.2) is 13.1 Å². The Morgan fingerprint density at radius 2 is 2.20 bits per heavy atom. The Labute approximate surface area is 129 Å². The Morgan fingerprint density at radius 3 is 2.80 bits per heavy atom. The smallest absolute Gasteiger partial charge is 0.240 e. The van der Waals surface area contributed by atoms with E-state index in [2.05, 4.69) is 11.0 Å². The van der Waals surface area contributed by atoms with Crippen LogP contribution in [0, 0.1) is 0 Å². The molecule has 3 N–H and O–H groups in total. The largest absolute Gasteiger partial charge is 0.389 e. The van der Waals surface area contributed by atoms with Crippen molar-refractivity contribution in [2.45, 2.75) is 35.4 Å². The van der Waals surface area contributed by atoms with E-state index < -0.39 is 10.0 Å². The molecule has 4 nitrogen and oxygen atoms in total. The van der Waals surface area contributed by atoms with Crippen molar-refractivity contribution in [3.8, 4) is 0 Å². The van der Waals surface area contributed by atoms with E-state index in [4.69, 9.17) is 18.0 Å². The number of hydrogen-bond donors (Lipinski definition) is 2. The minimum Gasteiger partial charge on any atom is -0.389 e. The zero-order chi connectivity index (χ0) is 14.8. The van der Waals surface area contributed by atoms with Crippen molar-refractivity contribution in [1.29, 1.82) is 0 Å². The average molecular weight is 331 g/mol. The van der Waals surface area contributed by atoms with Crippen LogP contribution in [-0.2, 0) is 10.0 Å². The fourth-order valence-electron chi connectivity index (χ4n) is 2.37. The van der Waals surface area contributed by atoms with Crippen molar-refractivity contribution < 1.29 is 8.42 Å². The fraction of sp³-hybridized carbons (Fsp3) is 0.462. The molecule has 2 rings (SSSR count). The molecule has 0 aliphatic heterocycles. The number of thioether (sulfide) groups is 1. The standard InChI is InChI=1S/C13H18N2O2S3/c1-19-11-6-5-10(8-11)15-20(16,17)12-4-2-3-9(7-12)13(14)18/h2-4,7,10-11,15H,5-6,8H2,1H3,(H2,14,18). The van der Waals surface area contributed by atoms with Crippen LogP contribution in [-0.4, -0.2) is 31.0 Å². The van der Waals surface area contributed by atoms with Gasteiger partial charge in [-0.2, -0.15) is 11.8 Å². The Morgan fingerprint density at radius 1 is 1.45 bits per heavy atom. The summed E-state index contributed by atoms with van der Waals surface area (Å²) in [6.07, 6.45) is 4.89. The van der Waals surface area contributed by atoms with Crippen LogP contribution in [0.1, 0.15) is 24.8 Å². The lowest BCUT2D eigenvalue weighted by atomic mass is 10.2. The summed E-state index contributed by atoms with van der Waals surface area (Å²) in [5.74, 6) is 0. The molecule has 0 saturated heterocycles. The topological polar surface area (TPSA) is 72.2 Å². The molecule has 0 bridgehead atoms. The van der Waals surface area contributed by atoms with Gasteiger partial charge < -0.3 is 5.73 Å². The molecule has 1 aromatic rings. The Kier molecular flexibility index (Phi) is 5.06. The van der Waals surface area contributed by atoms with Gasteiger partial charge in [-0.1, -0.05) is 24.4 Å². The molecular formula is C13H18N2O2S3. The van der Waals surface area contributed by atoms with E-state index in [1.165, 1.54) is 6.07 Å². The molecule has 1 aliphatic rings. The highest BCUT2D eigenvalue weighted by Crippen LogP contribution is 2.29. The summed E-state index contributed by atoms with van der Waals surface area (Å²) >= 11 is 6.67. The number of nitrogens with one attached hydrogen (secondary N) is 1. The zero-order valence-corrected chi connectivity index (χ0v) is 13.7. The third kappa shape index (κ3) is 3.72. The lowest BCUT2D eigenvalue weighted by molar-refractivity contribution is 0.552. The lowest BCUT2D eigenvalue weighted by Gasteiger charge is -2.13. The average Bonchev–Trinajstić information content (AvgIpc) is 2.86. The Bertz CT molecular complexity index is 601. The van der Waals surface area contributed by atoms with Crippen LogP contribution in [0.25, 0.3) is 0 Å². The van der Waals surface area contributed by atoms with Gasteiger partial charge >= 0.3 is 0 Å². The van der Waals surface area contributed by atoms with Gasteiger partial charge in [0, 0.05) is 16.9 Å². The van der Waals surface area contributed by atoms with E-state index in [9.17, 15) is 8.42 Å². The van der Waals surface area contributed by atoms with Crippen LogP contribution in [0.2, 0.25) is 0 Å². The van der Waals surface area contributed by atoms with Crippen molar-refractivity contribution in [3.63, 3.8) is 0 Å². The van der Waals surface area contributed by atoms with Crippen LogP contribution < -0.4 is 10.5 Å². The molecule has 0 heterocycles. The highest BCUT2D eigenvalue weighted by atomic mass is 32.2. The first-order chi connectivity index (χ1) is 9.42. The molecule has 0 amide bonds. The second-order valence-electron chi connectivity index (χ2n) is 4.88. The second kappa shape index (κ2) is 6.43. The lowest BCUT2D eigenvalue weighted by Crippen LogP contribution is -2.33. The molecule has 0 spiro atoms. The van der Waals surface area contributed by atoms with Gasteiger partial charge in [0.05, 0.1) is 4.90 Å². The summed E-state index contributed by atoms with van der Waals surface area (Å²) in [6, 6.07) is 6.46. The normalized spacial score (nSPS) is 22.9. The van der Waals surface area contributed by atoms with Gasteiger partial charge in [-0.3, -0.25) is 0 Å². The third-order valence-corrected chi connectivity index (χ3v) is 6.32. The van der Waals surface area contributed by atoms with Crippen LogP contribution >= 0.6 is 24.0 Å². The fourth-order valence-corrected chi connectivity index (χ4v) is 4.62. The summed E-state index contributed by atoms with van der Waals surface area (Å²) in [5, 5.41) is 0.547. The first-order valence-electron chi connectivity index (χ1n) is 6.37. The van der Waals surface area contributed by atoms with Gasteiger partial charge in [0.1, 0.15) is 4.99 Å². The first kappa shape index (κ1) is 15.8. The number of nitrogens with two attached hydrogens (primary N) is 1. The number of rotatable bonds is 5. The third-order valence-electron chi connectivity index (χ3n) is 3.47. The van der Waals surface area contributed by atoms with E-state index in [0.29, 0.717) is 10.8 Å². The zero-order valence-electron chi connectivity index (χ0n) is 11.2. The van der Waals surface area contributed by atoms with Crippen LogP contribution in [0.5, 0.6) is 0 Å². The molecule has 1 saturated carbocycles. The summed E-state index contributed by atoms with van der Waals surface area (Å²) < 4.78 is 27.5. The molecular weight excluding hydrogens is 312 g/mol. The van der Waals surface area contributed by atoms with E-state index in [1.54, 1.807) is 30.0 Å². The molecule has 7 heteroatoms. The quantitative estimate of drug-likeness (QED) is 0.807. The van der Waals surface area contributed by atoms with E-state index in [1.807, 2.05) is 0 Å². The Hall–Kier alpha value is -0.630. The molecule has 1 aliphatic carbocycles. The molecule has 1 fully saturated rings. The van der Waals surface area contributed by atoms with Crippen molar-refractivity contribution in [3.05, 3.63) is 29.8 Å². The van der Waals surface area contributed by atoms with Crippen LogP contribution in [0.3, 0.4) is 0 Å². The molecule has 2 atom stereocenters. The van der Waals surface area contributed by atoms with Gasteiger partial charge in [0.25, 0.3) is 0 Å². The van der Waals surface area contributed by atoms with Crippen LogP contribution in [0.15, 0.2) is 29.2 Å². The van der Waals surface area contributed by atoms with Crippen molar-refractivity contribution in [1.82, 2.24) is 4.72 Å². The minimum atomic E-state index is -3.51. The molecule has 20 heavy (non-hydrogen) atoms. The van der Waals surface area contributed by atoms with E-state index in [-0.39, 0.29) is 15.9 Å². The van der Waals surface area contributed by atoms with Gasteiger partial charge in [0.2, 0.25) is 10.0 Å². The number of benzene rings is 1. The van der Waals surface area contributed by atoms with Gasteiger partial charge in [-0.15, -0.1) is 0 Å². The monoisotopic (exact) mass is 330 g/mol.